The van der Waals surface area contributed by atoms with Crippen molar-refractivity contribution < 1.29 is 8.42 Å². The highest BCUT2D eigenvalue weighted by molar-refractivity contribution is 8.13. The van der Waals surface area contributed by atoms with E-state index in [9.17, 15) is 8.42 Å². The molecule has 0 aliphatic heterocycles. The molecular weight excluding hydrogens is 229 g/mol. The van der Waals surface area contributed by atoms with Crippen molar-refractivity contribution in [3.8, 4) is 0 Å². The Balaban J connectivity index is 2.81. The van der Waals surface area contributed by atoms with Crippen LogP contribution in [0, 0.1) is 0 Å². The molecule has 0 amide bonds. The third kappa shape index (κ3) is 3.37. The molecule has 0 radical (unpaired) electrons. The first-order valence-electron chi connectivity index (χ1n) is 2.50. The summed E-state index contributed by atoms with van der Waals surface area (Å²) in [5.41, 5.74) is 0. The minimum Gasteiger partial charge on any atom is -0.233 e. The maximum Gasteiger partial charge on any atom is 0.237 e. The lowest BCUT2D eigenvalue weighted by atomic mass is 10.6. The SMILES string of the molecule is O=S(=O)(Cl)Cc1cnc(Cl)s1. The van der Waals surface area contributed by atoms with Crippen LogP contribution in [0.1, 0.15) is 4.88 Å². The van der Waals surface area contributed by atoms with Gasteiger partial charge in [0.2, 0.25) is 9.05 Å². The summed E-state index contributed by atoms with van der Waals surface area (Å²) in [5, 5.41) is 0. The first kappa shape index (κ1) is 9.25. The molecule has 1 aromatic rings. The van der Waals surface area contributed by atoms with Gasteiger partial charge in [-0.3, -0.25) is 0 Å². The van der Waals surface area contributed by atoms with Gasteiger partial charge in [-0.2, -0.15) is 0 Å². The summed E-state index contributed by atoms with van der Waals surface area (Å²) in [6.45, 7) is 0. The van der Waals surface area contributed by atoms with Crippen molar-refractivity contribution in [1.29, 1.82) is 0 Å². The Hall–Kier alpha value is 0.160. The second-order valence-electron chi connectivity index (χ2n) is 1.76. The van der Waals surface area contributed by atoms with Crippen LogP contribution in [0.5, 0.6) is 0 Å². The van der Waals surface area contributed by atoms with E-state index >= 15 is 0 Å². The average molecular weight is 232 g/mol. The van der Waals surface area contributed by atoms with Gasteiger partial charge in [0.25, 0.3) is 0 Å². The summed E-state index contributed by atoms with van der Waals surface area (Å²) in [7, 11) is 1.51. The monoisotopic (exact) mass is 231 g/mol. The first-order valence-corrected chi connectivity index (χ1v) is 6.17. The molecular formula is C4H3Cl2NO2S2. The zero-order valence-electron chi connectivity index (χ0n) is 5.12. The van der Waals surface area contributed by atoms with E-state index in [4.69, 9.17) is 22.3 Å². The summed E-state index contributed by atoms with van der Waals surface area (Å²) < 4.78 is 21.3. The van der Waals surface area contributed by atoms with Gasteiger partial charge in [-0.15, -0.1) is 11.3 Å². The zero-order valence-corrected chi connectivity index (χ0v) is 8.27. The molecule has 1 rings (SSSR count). The van der Waals surface area contributed by atoms with Crippen molar-refractivity contribution >= 4 is 42.7 Å². The zero-order chi connectivity index (χ0) is 8.48. The highest BCUT2D eigenvalue weighted by atomic mass is 35.7. The topological polar surface area (TPSA) is 47.0 Å². The Kier molecular flexibility index (Phi) is 2.74. The Morgan fingerprint density at radius 1 is 1.64 bits per heavy atom. The van der Waals surface area contributed by atoms with E-state index in [2.05, 4.69) is 4.98 Å². The second-order valence-corrected chi connectivity index (χ2v) is 6.24. The largest absolute Gasteiger partial charge is 0.237 e. The Bertz CT molecular complexity index is 345. The molecule has 3 nitrogen and oxygen atoms in total. The molecule has 0 aliphatic carbocycles. The highest BCUT2D eigenvalue weighted by Gasteiger charge is 2.09. The molecule has 0 fully saturated rings. The molecule has 11 heavy (non-hydrogen) atoms. The fourth-order valence-electron chi connectivity index (χ4n) is 0.520. The normalized spacial score (nSPS) is 11.8. The van der Waals surface area contributed by atoms with E-state index < -0.39 is 9.05 Å². The predicted molar refractivity (Wildman–Crippen MR) is 45.6 cm³/mol. The van der Waals surface area contributed by atoms with Gasteiger partial charge in [0.1, 0.15) is 5.75 Å². The fourth-order valence-corrected chi connectivity index (χ4v) is 2.96. The van der Waals surface area contributed by atoms with Gasteiger partial charge in [0.05, 0.1) is 0 Å². The number of halogens is 2. The van der Waals surface area contributed by atoms with E-state index in [1.807, 2.05) is 0 Å². The molecule has 0 unspecified atom stereocenters. The summed E-state index contributed by atoms with van der Waals surface area (Å²) in [6, 6.07) is 0. The number of rotatable bonds is 2. The number of thiazole rings is 1. The van der Waals surface area contributed by atoms with E-state index in [-0.39, 0.29) is 5.75 Å². The molecule has 0 aliphatic rings. The standard InChI is InChI=1S/C4H3Cl2NO2S2/c5-4-7-1-3(10-4)2-11(6,8)9/h1H,2H2. The number of hydrogen-bond donors (Lipinski definition) is 0. The van der Waals surface area contributed by atoms with Gasteiger partial charge in [-0.05, 0) is 0 Å². The van der Waals surface area contributed by atoms with Crippen LogP contribution in [-0.2, 0) is 14.8 Å². The molecule has 0 saturated carbocycles. The van der Waals surface area contributed by atoms with Crippen LogP contribution >= 0.6 is 33.6 Å². The van der Waals surface area contributed by atoms with Gasteiger partial charge in [-0.25, -0.2) is 13.4 Å². The molecule has 0 aromatic carbocycles. The molecule has 0 N–H and O–H groups in total. The molecule has 0 bridgehead atoms. The smallest absolute Gasteiger partial charge is 0.233 e. The Labute approximate surface area is 77.4 Å². The molecule has 62 valence electrons. The van der Waals surface area contributed by atoms with Crippen molar-refractivity contribution in [2.24, 2.45) is 0 Å². The Morgan fingerprint density at radius 2 is 2.27 bits per heavy atom. The quantitative estimate of drug-likeness (QED) is 0.731. The van der Waals surface area contributed by atoms with Crippen molar-refractivity contribution in [2.75, 3.05) is 0 Å². The van der Waals surface area contributed by atoms with Crippen LogP contribution in [0.15, 0.2) is 6.20 Å². The minimum absolute atomic E-state index is 0.209. The number of aromatic nitrogens is 1. The van der Waals surface area contributed by atoms with Gasteiger partial charge in [0, 0.05) is 21.8 Å². The Morgan fingerprint density at radius 3 is 2.64 bits per heavy atom. The average Bonchev–Trinajstić information content (AvgIpc) is 2.10. The van der Waals surface area contributed by atoms with Crippen molar-refractivity contribution in [1.82, 2.24) is 4.98 Å². The van der Waals surface area contributed by atoms with E-state index in [1.165, 1.54) is 6.20 Å². The molecule has 0 saturated heterocycles. The predicted octanol–water partition coefficient (Wildman–Crippen LogP) is 1.87. The lowest BCUT2D eigenvalue weighted by Crippen LogP contribution is -1.91. The maximum absolute atomic E-state index is 10.5. The second kappa shape index (κ2) is 3.26. The third-order valence-corrected chi connectivity index (χ3v) is 3.12. The van der Waals surface area contributed by atoms with Crippen molar-refractivity contribution in [3.63, 3.8) is 0 Å². The van der Waals surface area contributed by atoms with Crippen LogP contribution in [0.25, 0.3) is 0 Å². The van der Waals surface area contributed by atoms with E-state index in [0.717, 1.165) is 11.3 Å². The summed E-state index contributed by atoms with van der Waals surface area (Å²) in [6.07, 6.45) is 1.40. The summed E-state index contributed by atoms with van der Waals surface area (Å²) in [4.78, 5) is 4.21. The van der Waals surface area contributed by atoms with Crippen molar-refractivity contribution in [2.45, 2.75) is 5.75 Å². The van der Waals surface area contributed by atoms with Crippen molar-refractivity contribution in [3.05, 3.63) is 15.5 Å². The molecule has 0 spiro atoms. The molecule has 1 heterocycles. The first-order chi connectivity index (χ1) is 4.97. The third-order valence-electron chi connectivity index (χ3n) is 0.840. The lowest BCUT2D eigenvalue weighted by molar-refractivity contribution is 0.609. The van der Waals surface area contributed by atoms with Crippen LogP contribution in [0.2, 0.25) is 4.47 Å². The maximum atomic E-state index is 10.5. The fraction of sp³-hybridized carbons (Fsp3) is 0.250. The molecule has 7 heteroatoms. The van der Waals surface area contributed by atoms with Crippen LogP contribution in [0.3, 0.4) is 0 Å². The molecule has 0 atom stereocenters. The summed E-state index contributed by atoms with van der Waals surface area (Å²) in [5.74, 6) is -0.209. The van der Waals surface area contributed by atoms with Crippen LogP contribution < -0.4 is 0 Å². The highest BCUT2D eigenvalue weighted by Crippen LogP contribution is 2.20. The molecule has 1 aromatic heterocycles. The number of nitrogens with zero attached hydrogens (tertiary/aromatic N) is 1. The lowest BCUT2D eigenvalue weighted by Gasteiger charge is -1.87. The van der Waals surface area contributed by atoms with Crippen LogP contribution in [-0.4, -0.2) is 13.4 Å². The van der Waals surface area contributed by atoms with Crippen LogP contribution in [0.4, 0.5) is 0 Å². The van der Waals surface area contributed by atoms with Gasteiger partial charge >= 0.3 is 0 Å². The van der Waals surface area contributed by atoms with Gasteiger partial charge < -0.3 is 0 Å². The number of hydrogen-bond acceptors (Lipinski definition) is 4. The van der Waals surface area contributed by atoms with E-state index in [1.54, 1.807) is 0 Å². The van der Waals surface area contributed by atoms with Gasteiger partial charge in [0.15, 0.2) is 4.47 Å². The minimum atomic E-state index is -3.48. The summed E-state index contributed by atoms with van der Waals surface area (Å²) >= 11 is 6.56. The van der Waals surface area contributed by atoms with Gasteiger partial charge in [-0.1, -0.05) is 11.6 Å². The van der Waals surface area contributed by atoms with E-state index in [0.29, 0.717) is 9.34 Å².